The Morgan fingerprint density at radius 1 is 1.26 bits per heavy atom. The normalized spacial score (nSPS) is 15.3. The van der Waals surface area contributed by atoms with Crippen molar-refractivity contribution in [1.29, 1.82) is 0 Å². The van der Waals surface area contributed by atoms with Crippen molar-refractivity contribution >= 4 is 0 Å². The van der Waals surface area contributed by atoms with Gasteiger partial charge in [-0.15, -0.1) is 0 Å². The Morgan fingerprint density at radius 2 is 1.89 bits per heavy atom. The number of nitrogens with one attached hydrogen (secondary N) is 1. The summed E-state index contributed by atoms with van der Waals surface area (Å²) in [5.74, 6) is 0. The summed E-state index contributed by atoms with van der Waals surface area (Å²) in [5, 5.41) is 3.17. The summed E-state index contributed by atoms with van der Waals surface area (Å²) in [7, 11) is 1.58. The standard InChI is InChI=1S/C14H20F3NO/c1-4-11(9-19-3)18-10(2)12-7-5-6-8-13(12)14(15,16)17/h5-8,10-11,18H,4,9H2,1-3H3. The first-order chi connectivity index (χ1) is 8.90. The molecule has 1 N–H and O–H groups in total. The second kappa shape index (κ2) is 6.91. The number of halogens is 3. The third kappa shape index (κ3) is 4.51. The third-order valence-electron chi connectivity index (χ3n) is 3.08. The summed E-state index contributed by atoms with van der Waals surface area (Å²) in [5.41, 5.74) is -0.313. The molecule has 0 aliphatic rings. The van der Waals surface area contributed by atoms with E-state index in [1.807, 2.05) is 6.92 Å². The lowest BCUT2D eigenvalue weighted by Crippen LogP contribution is -2.35. The smallest absolute Gasteiger partial charge is 0.383 e. The van der Waals surface area contributed by atoms with Gasteiger partial charge in [-0.1, -0.05) is 25.1 Å². The summed E-state index contributed by atoms with van der Waals surface area (Å²) >= 11 is 0. The molecule has 0 aliphatic carbocycles. The average molecular weight is 275 g/mol. The largest absolute Gasteiger partial charge is 0.416 e. The molecule has 1 rings (SSSR count). The number of benzene rings is 1. The van der Waals surface area contributed by atoms with Gasteiger partial charge in [0, 0.05) is 19.2 Å². The van der Waals surface area contributed by atoms with Crippen LogP contribution in [0.5, 0.6) is 0 Å². The van der Waals surface area contributed by atoms with E-state index in [4.69, 9.17) is 4.74 Å². The van der Waals surface area contributed by atoms with Crippen LogP contribution in [0.1, 0.15) is 37.4 Å². The molecule has 1 aromatic rings. The molecule has 0 radical (unpaired) electrons. The Bertz CT molecular complexity index is 393. The molecule has 0 aromatic heterocycles. The summed E-state index contributed by atoms with van der Waals surface area (Å²) in [4.78, 5) is 0. The van der Waals surface area contributed by atoms with Crippen molar-refractivity contribution in [3.63, 3.8) is 0 Å². The zero-order valence-corrected chi connectivity index (χ0v) is 11.4. The highest BCUT2D eigenvalue weighted by Gasteiger charge is 2.34. The third-order valence-corrected chi connectivity index (χ3v) is 3.08. The van der Waals surface area contributed by atoms with E-state index < -0.39 is 11.7 Å². The van der Waals surface area contributed by atoms with Crippen molar-refractivity contribution in [3.8, 4) is 0 Å². The minimum Gasteiger partial charge on any atom is -0.383 e. The molecule has 0 fully saturated rings. The summed E-state index contributed by atoms with van der Waals surface area (Å²) in [6, 6.07) is 5.33. The second-order valence-electron chi connectivity index (χ2n) is 4.53. The van der Waals surface area contributed by atoms with E-state index in [-0.39, 0.29) is 17.6 Å². The highest BCUT2D eigenvalue weighted by atomic mass is 19.4. The summed E-state index contributed by atoms with van der Waals surface area (Å²) in [6.45, 7) is 4.19. The number of methoxy groups -OCH3 is 1. The fourth-order valence-corrected chi connectivity index (χ4v) is 2.06. The van der Waals surface area contributed by atoms with Gasteiger partial charge in [0.15, 0.2) is 0 Å². The molecule has 0 saturated heterocycles. The molecular weight excluding hydrogens is 255 g/mol. The predicted molar refractivity (Wildman–Crippen MR) is 68.9 cm³/mol. The van der Waals surface area contributed by atoms with Crippen LogP contribution in [0, 0.1) is 0 Å². The van der Waals surface area contributed by atoms with Crippen LogP contribution in [0.25, 0.3) is 0 Å². The molecule has 2 nitrogen and oxygen atoms in total. The van der Waals surface area contributed by atoms with Crippen molar-refractivity contribution in [2.45, 2.75) is 38.5 Å². The number of hydrogen-bond donors (Lipinski definition) is 1. The molecule has 108 valence electrons. The zero-order chi connectivity index (χ0) is 14.5. The Kier molecular flexibility index (Phi) is 5.82. The van der Waals surface area contributed by atoms with Gasteiger partial charge in [0.1, 0.15) is 0 Å². The molecule has 19 heavy (non-hydrogen) atoms. The number of alkyl halides is 3. The lowest BCUT2D eigenvalue weighted by atomic mass is 10.00. The topological polar surface area (TPSA) is 21.3 Å². The first kappa shape index (κ1) is 16.0. The predicted octanol–water partition coefficient (Wildman–Crippen LogP) is 3.78. The number of rotatable bonds is 6. The molecule has 2 atom stereocenters. The van der Waals surface area contributed by atoms with Gasteiger partial charge < -0.3 is 10.1 Å². The molecule has 0 heterocycles. The van der Waals surface area contributed by atoms with E-state index in [2.05, 4.69) is 5.32 Å². The fraction of sp³-hybridized carbons (Fsp3) is 0.571. The molecule has 0 bridgehead atoms. The maximum Gasteiger partial charge on any atom is 0.416 e. The molecule has 0 spiro atoms. The minimum atomic E-state index is -4.32. The molecular formula is C14H20F3NO. The molecule has 2 unspecified atom stereocenters. The second-order valence-corrected chi connectivity index (χ2v) is 4.53. The summed E-state index contributed by atoms with van der Waals surface area (Å²) < 4.78 is 43.8. The van der Waals surface area contributed by atoms with Gasteiger partial charge in [0.2, 0.25) is 0 Å². The van der Waals surface area contributed by atoms with Gasteiger partial charge in [0.05, 0.1) is 12.2 Å². The van der Waals surface area contributed by atoms with Crippen LogP contribution >= 0.6 is 0 Å². The number of ether oxygens (including phenoxy) is 1. The van der Waals surface area contributed by atoms with Crippen molar-refractivity contribution in [2.24, 2.45) is 0 Å². The van der Waals surface area contributed by atoms with Crippen LogP contribution in [-0.2, 0) is 10.9 Å². The van der Waals surface area contributed by atoms with E-state index in [0.29, 0.717) is 6.61 Å². The van der Waals surface area contributed by atoms with E-state index in [1.165, 1.54) is 12.1 Å². The maximum absolute atomic E-state index is 12.9. The Morgan fingerprint density at radius 3 is 2.42 bits per heavy atom. The van der Waals surface area contributed by atoms with Gasteiger partial charge in [-0.3, -0.25) is 0 Å². The fourth-order valence-electron chi connectivity index (χ4n) is 2.06. The van der Waals surface area contributed by atoms with Crippen molar-refractivity contribution < 1.29 is 17.9 Å². The summed E-state index contributed by atoms with van der Waals surface area (Å²) in [6.07, 6.45) is -3.53. The molecule has 0 aliphatic heterocycles. The first-order valence-corrected chi connectivity index (χ1v) is 6.31. The minimum absolute atomic E-state index is 0.0429. The maximum atomic E-state index is 12.9. The Balaban J connectivity index is 2.90. The molecule has 0 saturated carbocycles. The molecule has 0 amide bonds. The lowest BCUT2D eigenvalue weighted by Gasteiger charge is -2.24. The zero-order valence-electron chi connectivity index (χ0n) is 11.4. The van der Waals surface area contributed by atoms with Crippen LogP contribution in [0.2, 0.25) is 0 Å². The van der Waals surface area contributed by atoms with Crippen LogP contribution in [0.4, 0.5) is 13.2 Å². The highest BCUT2D eigenvalue weighted by Crippen LogP contribution is 2.34. The quantitative estimate of drug-likeness (QED) is 0.853. The van der Waals surface area contributed by atoms with Crippen molar-refractivity contribution in [3.05, 3.63) is 35.4 Å². The van der Waals surface area contributed by atoms with Gasteiger partial charge in [-0.25, -0.2) is 0 Å². The van der Waals surface area contributed by atoms with Gasteiger partial charge >= 0.3 is 6.18 Å². The van der Waals surface area contributed by atoms with Crippen LogP contribution in [0.3, 0.4) is 0 Å². The van der Waals surface area contributed by atoms with Crippen molar-refractivity contribution in [1.82, 2.24) is 5.32 Å². The van der Waals surface area contributed by atoms with Crippen LogP contribution in [0.15, 0.2) is 24.3 Å². The Hall–Kier alpha value is -1.07. The van der Waals surface area contributed by atoms with E-state index in [9.17, 15) is 13.2 Å². The number of hydrogen-bond acceptors (Lipinski definition) is 2. The van der Waals surface area contributed by atoms with E-state index in [0.717, 1.165) is 12.5 Å². The van der Waals surface area contributed by atoms with E-state index >= 15 is 0 Å². The van der Waals surface area contributed by atoms with Gasteiger partial charge in [-0.2, -0.15) is 13.2 Å². The monoisotopic (exact) mass is 275 g/mol. The van der Waals surface area contributed by atoms with Crippen molar-refractivity contribution in [2.75, 3.05) is 13.7 Å². The van der Waals surface area contributed by atoms with Crippen LogP contribution < -0.4 is 5.32 Å². The van der Waals surface area contributed by atoms with Gasteiger partial charge in [0.25, 0.3) is 0 Å². The van der Waals surface area contributed by atoms with Gasteiger partial charge in [-0.05, 0) is 25.0 Å². The first-order valence-electron chi connectivity index (χ1n) is 6.31. The van der Waals surface area contributed by atoms with Crippen LogP contribution in [-0.4, -0.2) is 19.8 Å². The average Bonchev–Trinajstić information content (AvgIpc) is 2.37. The van der Waals surface area contributed by atoms with E-state index in [1.54, 1.807) is 20.1 Å². The Labute approximate surface area is 112 Å². The molecule has 1 aromatic carbocycles. The molecule has 5 heteroatoms. The highest BCUT2D eigenvalue weighted by molar-refractivity contribution is 5.32. The lowest BCUT2D eigenvalue weighted by molar-refractivity contribution is -0.138. The SMILES string of the molecule is CCC(COC)NC(C)c1ccccc1C(F)(F)F.